The van der Waals surface area contributed by atoms with Gasteiger partial charge in [0.05, 0.1) is 0 Å². The molecular weight excluding hydrogens is 284 g/mol. The first-order valence-corrected chi connectivity index (χ1v) is 7.33. The molecule has 0 aliphatic carbocycles. The molecule has 0 bridgehead atoms. The Morgan fingerprint density at radius 2 is 1.24 bits per heavy atom. The molecule has 4 nitrogen and oxygen atoms in total. The molecule has 2 N–H and O–H groups in total. The first-order chi connectivity index (χ1) is 10.3. The fourth-order valence-electron chi connectivity index (χ4n) is 2.07. The topological polar surface area (TPSA) is 66.2 Å². The number of hydrogen-bond donors (Lipinski definition) is 2. The highest BCUT2D eigenvalue weighted by Crippen LogP contribution is 2.33. The van der Waals surface area contributed by atoms with Crippen molar-refractivity contribution in [3.8, 4) is 0 Å². The van der Waals surface area contributed by atoms with Gasteiger partial charge in [-0.1, -0.05) is 12.1 Å². The van der Waals surface area contributed by atoms with Gasteiger partial charge in [-0.2, -0.15) is 0 Å². The van der Waals surface area contributed by atoms with Crippen molar-refractivity contribution in [3.05, 3.63) is 82.1 Å². The van der Waals surface area contributed by atoms with Crippen molar-refractivity contribution in [3.63, 3.8) is 0 Å². The van der Waals surface area contributed by atoms with Crippen molar-refractivity contribution in [2.45, 2.75) is 12.2 Å². The molecule has 0 saturated heterocycles. The van der Waals surface area contributed by atoms with E-state index in [2.05, 4.69) is 9.97 Å². The third-order valence-corrected chi connectivity index (χ3v) is 4.38. The summed E-state index contributed by atoms with van der Waals surface area (Å²) in [5.41, 5.74) is 1.48. The van der Waals surface area contributed by atoms with Crippen molar-refractivity contribution in [1.29, 1.82) is 0 Å². The largest absolute Gasteiger partial charge is 0.383 e. The second-order valence-corrected chi connectivity index (χ2v) is 5.76. The van der Waals surface area contributed by atoms with Crippen molar-refractivity contribution in [1.82, 2.24) is 9.97 Å². The smallest absolute Gasteiger partial charge is 0.115 e. The molecule has 0 spiro atoms. The van der Waals surface area contributed by atoms with E-state index in [-0.39, 0.29) is 0 Å². The van der Waals surface area contributed by atoms with Gasteiger partial charge in [0.15, 0.2) is 0 Å². The predicted molar refractivity (Wildman–Crippen MR) is 80.9 cm³/mol. The van der Waals surface area contributed by atoms with Crippen molar-refractivity contribution < 1.29 is 10.2 Å². The second-order valence-electron chi connectivity index (χ2n) is 4.62. The SMILES string of the molecule is OC(c1cccnc1)c1ccc(C(O)c2cccnc2)s1. The summed E-state index contributed by atoms with van der Waals surface area (Å²) in [5.74, 6) is 0. The zero-order valence-corrected chi connectivity index (χ0v) is 11.9. The van der Waals surface area contributed by atoms with Crippen LogP contribution in [0.15, 0.2) is 61.2 Å². The van der Waals surface area contributed by atoms with E-state index in [1.54, 1.807) is 36.9 Å². The summed E-state index contributed by atoms with van der Waals surface area (Å²) in [7, 11) is 0. The Morgan fingerprint density at radius 1 is 0.762 bits per heavy atom. The van der Waals surface area contributed by atoms with Crippen LogP contribution in [0, 0.1) is 0 Å². The zero-order chi connectivity index (χ0) is 14.7. The Labute approximate surface area is 126 Å². The summed E-state index contributed by atoms with van der Waals surface area (Å²) < 4.78 is 0. The summed E-state index contributed by atoms with van der Waals surface area (Å²) in [6.45, 7) is 0. The van der Waals surface area contributed by atoms with Gasteiger partial charge in [-0.3, -0.25) is 9.97 Å². The highest BCUT2D eigenvalue weighted by molar-refractivity contribution is 7.12. The normalized spacial score (nSPS) is 13.8. The Balaban J connectivity index is 1.84. The summed E-state index contributed by atoms with van der Waals surface area (Å²) >= 11 is 1.38. The molecule has 21 heavy (non-hydrogen) atoms. The number of hydrogen-bond acceptors (Lipinski definition) is 5. The molecule has 5 heteroatoms. The highest BCUT2D eigenvalue weighted by Gasteiger charge is 2.17. The van der Waals surface area contributed by atoms with E-state index in [9.17, 15) is 10.2 Å². The number of rotatable bonds is 4. The molecule has 2 unspecified atom stereocenters. The molecular formula is C16H14N2O2S. The van der Waals surface area contributed by atoms with Crippen LogP contribution < -0.4 is 0 Å². The summed E-state index contributed by atoms with van der Waals surface area (Å²) in [5, 5.41) is 20.7. The van der Waals surface area contributed by atoms with Gasteiger partial charge in [0.2, 0.25) is 0 Å². The molecule has 3 rings (SSSR count). The van der Waals surface area contributed by atoms with Gasteiger partial charge < -0.3 is 10.2 Å². The average molecular weight is 298 g/mol. The maximum atomic E-state index is 10.3. The van der Waals surface area contributed by atoms with Gasteiger partial charge in [-0.25, -0.2) is 0 Å². The lowest BCUT2D eigenvalue weighted by Gasteiger charge is -2.09. The third-order valence-electron chi connectivity index (χ3n) is 3.19. The van der Waals surface area contributed by atoms with E-state index >= 15 is 0 Å². The summed E-state index contributed by atoms with van der Waals surface area (Å²) in [4.78, 5) is 9.57. The summed E-state index contributed by atoms with van der Waals surface area (Å²) in [6.07, 6.45) is 5.17. The lowest BCUT2D eigenvalue weighted by molar-refractivity contribution is 0.223. The molecule has 0 aromatic carbocycles. The van der Waals surface area contributed by atoms with Crippen molar-refractivity contribution in [2.24, 2.45) is 0 Å². The zero-order valence-electron chi connectivity index (χ0n) is 11.1. The van der Waals surface area contributed by atoms with Crippen molar-refractivity contribution >= 4 is 11.3 Å². The first-order valence-electron chi connectivity index (χ1n) is 6.51. The number of nitrogens with zero attached hydrogens (tertiary/aromatic N) is 2. The maximum Gasteiger partial charge on any atom is 0.115 e. The molecule has 0 aliphatic heterocycles. The minimum absolute atomic E-state index is 0.724. The molecule has 0 saturated carbocycles. The lowest BCUT2D eigenvalue weighted by Crippen LogP contribution is -1.98. The lowest BCUT2D eigenvalue weighted by atomic mass is 10.1. The molecule has 0 fully saturated rings. The van der Waals surface area contributed by atoms with Gasteiger partial charge in [0.1, 0.15) is 12.2 Å². The molecule has 0 amide bonds. The van der Waals surface area contributed by atoms with E-state index in [4.69, 9.17) is 0 Å². The fourth-order valence-corrected chi connectivity index (χ4v) is 3.11. The summed E-state index contributed by atoms with van der Waals surface area (Å²) in [6, 6.07) is 10.9. The van der Waals surface area contributed by atoms with Gasteiger partial charge in [-0.15, -0.1) is 11.3 Å². The first kappa shape index (κ1) is 13.9. The molecule has 2 atom stereocenters. The van der Waals surface area contributed by atoms with Gasteiger partial charge in [0.25, 0.3) is 0 Å². The van der Waals surface area contributed by atoms with Gasteiger partial charge >= 0.3 is 0 Å². The molecule has 106 valence electrons. The van der Waals surface area contributed by atoms with Crippen LogP contribution in [0.25, 0.3) is 0 Å². The van der Waals surface area contributed by atoms with Crippen LogP contribution in [0.1, 0.15) is 33.1 Å². The average Bonchev–Trinajstić information content (AvgIpc) is 3.05. The number of aromatic nitrogens is 2. The van der Waals surface area contributed by atoms with Crippen LogP contribution >= 0.6 is 11.3 Å². The molecule has 3 heterocycles. The van der Waals surface area contributed by atoms with E-state index in [0.717, 1.165) is 20.9 Å². The molecule has 0 aliphatic rings. The molecule has 3 aromatic heterocycles. The monoisotopic (exact) mass is 298 g/mol. The van der Waals surface area contributed by atoms with Crippen LogP contribution in [0.2, 0.25) is 0 Å². The molecule has 0 radical (unpaired) electrons. The van der Waals surface area contributed by atoms with E-state index in [1.165, 1.54) is 11.3 Å². The fraction of sp³-hybridized carbons (Fsp3) is 0.125. The number of aliphatic hydroxyl groups is 2. The van der Waals surface area contributed by atoms with E-state index < -0.39 is 12.2 Å². The Kier molecular flexibility index (Phi) is 4.06. The van der Waals surface area contributed by atoms with Gasteiger partial charge in [-0.05, 0) is 24.3 Å². The van der Waals surface area contributed by atoms with Crippen LogP contribution in [-0.2, 0) is 0 Å². The Morgan fingerprint density at radius 3 is 1.62 bits per heavy atom. The minimum atomic E-state index is -0.724. The van der Waals surface area contributed by atoms with Gasteiger partial charge in [0, 0.05) is 45.7 Å². The van der Waals surface area contributed by atoms with Crippen LogP contribution in [-0.4, -0.2) is 20.2 Å². The minimum Gasteiger partial charge on any atom is -0.383 e. The second kappa shape index (κ2) is 6.13. The van der Waals surface area contributed by atoms with Crippen LogP contribution in [0.4, 0.5) is 0 Å². The Bertz CT molecular complexity index is 641. The van der Waals surface area contributed by atoms with Crippen molar-refractivity contribution in [2.75, 3.05) is 0 Å². The van der Waals surface area contributed by atoms with E-state index in [0.29, 0.717) is 0 Å². The number of thiophene rings is 1. The quantitative estimate of drug-likeness (QED) is 0.777. The molecule has 3 aromatic rings. The Hall–Kier alpha value is -2.08. The maximum absolute atomic E-state index is 10.3. The third kappa shape index (κ3) is 3.00. The van der Waals surface area contributed by atoms with E-state index in [1.807, 2.05) is 24.3 Å². The predicted octanol–water partition coefficient (Wildman–Crippen LogP) is 2.70. The highest BCUT2D eigenvalue weighted by atomic mass is 32.1. The number of pyridine rings is 2. The van der Waals surface area contributed by atoms with Crippen LogP contribution in [0.3, 0.4) is 0 Å². The number of aliphatic hydroxyl groups excluding tert-OH is 2. The van der Waals surface area contributed by atoms with Crippen LogP contribution in [0.5, 0.6) is 0 Å². The standard InChI is InChI=1S/C16H14N2O2S/c19-15(11-3-1-7-17-9-11)13-5-6-14(21-13)16(20)12-4-2-8-18-10-12/h1-10,15-16,19-20H.